The molecule has 1 heterocycles. The first kappa shape index (κ1) is 12.6. The van der Waals surface area contributed by atoms with Gasteiger partial charge in [-0.15, -0.1) is 0 Å². The van der Waals surface area contributed by atoms with Gasteiger partial charge in [-0.2, -0.15) is 0 Å². The summed E-state index contributed by atoms with van der Waals surface area (Å²) in [6.45, 7) is 2.44. The van der Waals surface area contributed by atoms with E-state index in [2.05, 4.69) is 15.3 Å². The number of nitrogens with zero attached hydrogens (tertiary/aromatic N) is 1. The second-order valence-corrected chi connectivity index (χ2v) is 3.95. The van der Waals surface area contributed by atoms with Crippen molar-refractivity contribution < 1.29 is 4.79 Å². The fourth-order valence-electron chi connectivity index (χ4n) is 1.38. The van der Waals surface area contributed by atoms with Gasteiger partial charge in [-0.3, -0.25) is 4.79 Å². The molecule has 6 heteroatoms. The second kappa shape index (κ2) is 6.22. The van der Waals surface area contributed by atoms with Crippen molar-refractivity contribution in [2.75, 3.05) is 6.54 Å². The zero-order valence-corrected chi connectivity index (χ0v) is 10.0. The molecule has 16 heavy (non-hydrogen) atoms. The van der Waals surface area contributed by atoms with Crippen LogP contribution in [0.25, 0.3) is 0 Å². The highest BCUT2D eigenvalue weighted by molar-refractivity contribution is 7.80. The Balaban J connectivity index is 2.32. The molecule has 0 aliphatic carbocycles. The maximum Gasteiger partial charge on any atom is 0.229 e. The lowest BCUT2D eigenvalue weighted by Gasteiger charge is -2.12. The highest BCUT2D eigenvalue weighted by atomic mass is 32.1. The minimum absolute atomic E-state index is 0.102. The van der Waals surface area contributed by atoms with Gasteiger partial charge in [-0.05, 0) is 6.42 Å². The maximum atomic E-state index is 11.6. The van der Waals surface area contributed by atoms with Crippen molar-refractivity contribution in [2.24, 2.45) is 11.7 Å². The number of nitrogens with two attached hydrogens (primary N) is 1. The van der Waals surface area contributed by atoms with E-state index >= 15 is 0 Å². The lowest BCUT2D eigenvalue weighted by molar-refractivity contribution is -0.123. The van der Waals surface area contributed by atoms with E-state index in [0.717, 1.165) is 12.1 Å². The molecule has 0 aromatic carbocycles. The monoisotopic (exact) mass is 240 g/mol. The second-order valence-electron chi connectivity index (χ2n) is 3.48. The van der Waals surface area contributed by atoms with Crippen molar-refractivity contribution in [1.29, 1.82) is 0 Å². The molecule has 1 rings (SSSR count). The van der Waals surface area contributed by atoms with E-state index in [1.165, 1.54) is 0 Å². The van der Waals surface area contributed by atoms with Gasteiger partial charge in [0.2, 0.25) is 5.91 Å². The van der Waals surface area contributed by atoms with Crippen molar-refractivity contribution in [3.63, 3.8) is 0 Å². The summed E-state index contributed by atoms with van der Waals surface area (Å²) in [7, 11) is 0. The highest BCUT2D eigenvalue weighted by Gasteiger charge is 2.18. The molecule has 0 saturated carbocycles. The number of aromatic amines is 1. The Morgan fingerprint density at radius 3 is 3.00 bits per heavy atom. The number of carbonyl (C=O) groups is 1. The summed E-state index contributed by atoms with van der Waals surface area (Å²) in [6, 6.07) is 0. The van der Waals surface area contributed by atoms with Crippen LogP contribution >= 0.6 is 12.2 Å². The molecule has 0 fully saturated rings. The summed E-state index contributed by atoms with van der Waals surface area (Å²) in [6.07, 6.45) is 4.70. The number of hydrogen-bond acceptors (Lipinski definition) is 3. The highest BCUT2D eigenvalue weighted by Crippen LogP contribution is 2.02. The van der Waals surface area contributed by atoms with Crippen LogP contribution in [0, 0.1) is 5.92 Å². The lowest BCUT2D eigenvalue weighted by atomic mass is 10.1. The number of carbonyl (C=O) groups excluding carboxylic acids is 1. The Hall–Kier alpha value is -1.43. The Kier molecular flexibility index (Phi) is 4.91. The van der Waals surface area contributed by atoms with Gasteiger partial charge < -0.3 is 16.0 Å². The first-order valence-corrected chi connectivity index (χ1v) is 5.60. The van der Waals surface area contributed by atoms with E-state index < -0.39 is 0 Å². The maximum absolute atomic E-state index is 11.6. The normalized spacial score (nSPS) is 12.1. The predicted octanol–water partition coefficient (Wildman–Crippen LogP) is 0.381. The van der Waals surface area contributed by atoms with Crippen molar-refractivity contribution >= 4 is 23.1 Å². The summed E-state index contributed by atoms with van der Waals surface area (Å²) < 4.78 is 0. The summed E-state index contributed by atoms with van der Waals surface area (Å²) in [5.41, 5.74) is 6.46. The van der Waals surface area contributed by atoms with Crippen LogP contribution in [0.5, 0.6) is 0 Å². The van der Waals surface area contributed by atoms with Gasteiger partial charge in [0, 0.05) is 24.9 Å². The van der Waals surface area contributed by atoms with Gasteiger partial charge in [0.1, 0.15) is 0 Å². The number of amides is 1. The van der Waals surface area contributed by atoms with E-state index in [1.54, 1.807) is 12.5 Å². The first-order chi connectivity index (χ1) is 7.65. The zero-order valence-electron chi connectivity index (χ0n) is 9.19. The van der Waals surface area contributed by atoms with E-state index in [4.69, 9.17) is 18.0 Å². The third-order valence-electron chi connectivity index (χ3n) is 2.32. The smallest absolute Gasteiger partial charge is 0.229 e. The van der Waals surface area contributed by atoms with Crippen molar-refractivity contribution in [2.45, 2.75) is 19.8 Å². The molecular formula is C10H16N4OS. The molecule has 0 aliphatic rings. The van der Waals surface area contributed by atoms with Crippen molar-refractivity contribution in [3.05, 3.63) is 18.2 Å². The van der Waals surface area contributed by atoms with E-state index in [0.29, 0.717) is 13.0 Å². The predicted molar refractivity (Wildman–Crippen MR) is 65.9 cm³/mol. The third-order valence-corrected chi connectivity index (χ3v) is 2.60. The molecular weight excluding hydrogens is 224 g/mol. The van der Waals surface area contributed by atoms with Crippen LogP contribution in [0.3, 0.4) is 0 Å². The molecule has 0 aliphatic heterocycles. The Morgan fingerprint density at radius 1 is 1.75 bits per heavy atom. The topological polar surface area (TPSA) is 83.8 Å². The quantitative estimate of drug-likeness (QED) is 0.628. The summed E-state index contributed by atoms with van der Waals surface area (Å²) in [5.74, 6) is -0.466. The molecule has 0 radical (unpaired) electrons. The molecule has 4 N–H and O–H groups in total. The third kappa shape index (κ3) is 3.62. The number of imidazole rings is 1. The number of H-pyrrole nitrogens is 1. The molecule has 1 aromatic rings. The van der Waals surface area contributed by atoms with Crippen LogP contribution < -0.4 is 11.1 Å². The van der Waals surface area contributed by atoms with Crippen LogP contribution in [0.15, 0.2) is 12.5 Å². The van der Waals surface area contributed by atoms with E-state index in [-0.39, 0.29) is 16.8 Å². The van der Waals surface area contributed by atoms with Crippen LogP contribution in [0.2, 0.25) is 0 Å². The minimum Gasteiger partial charge on any atom is -0.393 e. The number of rotatable bonds is 6. The Morgan fingerprint density at radius 2 is 2.50 bits per heavy atom. The number of hydrogen-bond donors (Lipinski definition) is 3. The summed E-state index contributed by atoms with van der Waals surface area (Å²) in [5, 5.41) is 2.80. The van der Waals surface area contributed by atoms with E-state index in [1.807, 2.05) is 6.92 Å². The average Bonchev–Trinajstić information content (AvgIpc) is 2.71. The first-order valence-electron chi connectivity index (χ1n) is 5.19. The molecule has 0 bridgehead atoms. The molecule has 0 spiro atoms. The lowest BCUT2D eigenvalue weighted by Crippen LogP contribution is -2.38. The van der Waals surface area contributed by atoms with Crippen LogP contribution in [-0.2, 0) is 11.2 Å². The van der Waals surface area contributed by atoms with E-state index in [9.17, 15) is 4.79 Å². The van der Waals surface area contributed by atoms with Crippen molar-refractivity contribution in [3.8, 4) is 0 Å². The summed E-state index contributed by atoms with van der Waals surface area (Å²) in [4.78, 5) is 18.7. The van der Waals surface area contributed by atoms with Gasteiger partial charge >= 0.3 is 0 Å². The molecule has 1 unspecified atom stereocenters. The van der Waals surface area contributed by atoms with Gasteiger partial charge in [-0.25, -0.2) is 4.98 Å². The van der Waals surface area contributed by atoms with Crippen LogP contribution in [-0.4, -0.2) is 27.4 Å². The zero-order chi connectivity index (χ0) is 12.0. The van der Waals surface area contributed by atoms with Gasteiger partial charge in [0.25, 0.3) is 0 Å². The molecule has 1 atom stereocenters. The minimum atomic E-state index is -0.364. The van der Waals surface area contributed by atoms with Gasteiger partial charge in [0.05, 0.1) is 17.2 Å². The Labute approximate surface area is 99.8 Å². The number of nitrogens with one attached hydrogen (secondary N) is 2. The Bertz CT molecular complexity index is 350. The fourth-order valence-corrected chi connectivity index (χ4v) is 1.65. The average molecular weight is 240 g/mol. The van der Waals surface area contributed by atoms with Gasteiger partial charge in [0.15, 0.2) is 0 Å². The van der Waals surface area contributed by atoms with Crippen molar-refractivity contribution in [1.82, 2.24) is 15.3 Å². The van der Waals surface area contributed by atoms with Gasteiger partial charge in [-0.1, -0.05) is 19.1 Å². The fraction of sp³-hybridized carbons (Fsp3) is 0.500. The summed E-state index contributed by atoms with van der Waals surface area (Å²) >= 11 is 4.82. The molecule has 1 amide bonds. The molecule has 88 valence electrons. The largest absolute Gasteiger partial charge is 0.393 e. The van der Waals surface area contributed by atoms with Crippen LogP contribution in [0.1, 0.15) is 19.0 Å². The number of thiocarbonyl (C=S) groups is 1. The molecule has 1 aromatic heterocycles. The standard InChI is InChI=1S/C10H16N4OS/c1-2-8(9(11)16)10(15)13-4-3-7-5-12-6-14-7/h5-6,8H,2-4H2,1H3,(H2,11,16)(H,12,14)(H,13,15). The van der Waals surface area contributed by atoms with Crippen LogP contribution in [0.4, 0.5) is 0 Å². The number of aromatic nitrogens is 2. The SMILES string of the molecule is CCC(C(=O)NCCc1cnc[nH]1)C(N)=S. The molecule has 5 nitrogen and oxygen atoms in total. The molecule has 0 saturated heterocycles.